The van der Waals surface area contributed by atoms with E-state index >= 15 is 0 Å². The van der Waals surface area contributed by atoms with Crippen LogP contribution in [0.25, 0.3) is 5.65 Å². The number of imidazole rings is 1. The molecule has 3 heterocycles. The fourth-order valence-corrected chi connectivity index (χ4v) is 2.89. The number of aryl methyl sites for hydroxylation is 1. The largest absolute Gasteiger partial charge is 0.490 e. The van der Waals surface area contributed by atoms with Crippen molar-refractivity contribution in [2.24, 2.45) is 0 Å². The van der Waals surface area contributed by atoms with Crippen LogP contribution in [0.3, 0.4) is 0 Å². The molecule has 2 aromatic heterocycles. The lowest BCUT2D eigenvalue weighted by molar-refractivity contribution is 0.0926. The Balaban J connectivity index is 1.64. The number of ether oxygens (including phenoxy) is 1. The highest BCUT2D eigenvalue weighted by atomic mass is 16.5. The summed E-state index contributed by atoms with van der Waals surface area (Å²) in [7, 11) is 0. The highest BCUT2D eigenvalue weighted by molar-refractivity contribution is 5.98. The second kappa shape index (κ2) is 5.08. The average Bonchev–Trinajstić information content (AvgIpc) is 3.17. The molecule has 3 aromatic rings. The van der Waals surface area contributed by atoms with E-state index in [4.69, 9.17) is 4.74 Å². The van der Waals surface area contributed by atoms with Crippen LogP contribution in [-0.4, -0.2) is 26.9 Å². The Morgan fingerprint density at radius 2 is 2.04 bits per heavy atom. The molecule has 1 aromatic carbocycles. The molecule has 0 fully saturated rings. The summed E-state index contributed by atoms with van der Waals surface area (Å²) in [4.78, 5) is 21.0. The van der Waals surface area contributed by atoms with Gasteiger partial charge >= 0.3 is 0 Å². The van der Waals surface area contributed by atoms with E-state index in [0.717, 1.165) is 16.9 Å². The minimum Gasteiger partial charge on any atom is -0.490 e. The second-order valence-electron chi connectivity index (χ2n) is 5.70. The number of nitrogens with zero attached hydrogens (tertiary/aromatic N) is 3. The van der Waals surface area contributed by atoms with Gasteiger partial charge in [-0.05, 0) is 25.0 Å². The Morgan fingerprint density at radius 3 is 2.87 bits per heavy atom. The van der Waals surface area contributed by atoms with Gasteiger partial charge in [0.05, 0.1) is 6.04 Å². The van der Waals surface area contributed by atoms with Crippen molar-refractivity contribution in [1.82, 2.24) is 19.7 Å². The van der Waals surface area contributed by atoms with Gasteiger partial charge in [0, 0.05) is 30.4 Å². The first kappa shape index (κ1) is 13.8. The number of hydrogen-bond acceptors (Lipinski definition) is 4. The van der Waals surface area contributed by atoms with Crippen molar-refractivity contribution in [1.29, 1.82) is 0 Å². The molecule has 1 unspecified atom stereocenters. The van der Waals surface area contributed by atoms with Gasteiger partial charge in [0.25, 0.3) is 5.91 Å². The highest BCUT2D eigenvalue weighted by Crippen LogP contribution is 2.36. The molecule has 4 rings (SSSR count). The number of rotatable bonds is 2. The number of carbonyl (C=O) groups excluding carboxylic acids is 1. The lowest BCUT2D eigenvalue weighted by Gasteiger charge is -2.12. The van der Waals surface area contributed by atoms with Crippen LogP contribution in [0.4, 0.5) is 0 Å². The van der Waals surface area contributed by atoms with E-state index in [-0.39, 0.29) is 11.9 Å². The van der Waals surface area contributed by atoms with Crippen molar-refractivity contribution in [3.05, 3.63) is 59.3 Å². The van der Waals surface area contributed by atoms with Gasteiger partial charge in [-0.3, -0.25) is 4.79 Å². The Bertz CT molecular complexity index is 916. The summed E-state index contributed by atoms with van der Waals surface area (Å²) in [6, 6.07) is 3.89. The molecule has 1 aliphatic heterocycles. The van der Waals surface area contributed by atoms with E-state index in [1.54, 1.807) is 29.2 Å². The quantitative estimate of drug-likeness (QED) is 0.788. The van der Waals surface area contributed by atoms with Gasteiger partial charge in [0.2, 0.25) is 0 Å². The van der Waals surface area contributed by atoms with Crippen molar-refractivity contribution in [3.63, 3.8) is 0 Å². The highest BCUT2D eigenvalue weighted by Gasteiger charge is 2.28. The minimum atomic E-state index is -0.249. The SMILES string of the molecule is Cc1ccc2c(c1C)OCC2NC(=O)c1nccn2ccnc12. The van der Waals surface area contributed by atoms with Crippen molar-refractivity contribution >= 4 is 11.6 Å². The molecule has 0 radical (unpaired) electrons. The molecule has 1 atom stereocenters. The number of benzene rings is 1. The Morgan fingerprint density at radius 1 is 1.26 bits per heavy atom. The van der Waals surface area contributed by atoms with Crippen LogP contribution in [-0.2, 0) is 0 Å². The van der Waals surface area contributed by atoms with Crippen LogP contribution in [0.15, 0.2) is 36.9 Å². The molecule has 23 heavy (non-hydrogen) atoms. The van der Waals surface area contributed by atoms with Gasteiger partial charge in [-0.2, -0.15) is 0 Å². The van der Waals surface area contributed by atoms with Crippen LogP contribution >= 0.6 is 0 Å². The summed E-state index contributed by atoms with van der Waals surface area (Å²) >= 11 is 0. The number of amides is 1. The monoisotopic (exact) mass is 308 g/mol. The summed E-state index contributed by atoms with van der Waals surface area (Å²) in [5, 5.41) is 3.00. The number of fused-ring (bicyclic) bond motifs is 2. The summed E-state index contributed by atoms with van der Waals surface area (Å²) in [6.07, 6.45) is 6.79. The number of carbonyl (C=O) groups is 1. The van der Waals surface area contributed by atoms with Gasteiger partial charge in [-0.1, -0.05) is 12.1 Å². The molecular formula is C17H16N4O2. The lowest BCUT2D eigenvalue weighted by atomic mass is 10.0. The molecule has 1 amide bonds. The van der Waals surface area contributed by atoms with E-state index in [1.165, 1.54) is 5.56 Å². The Labute approximate surface area is 133 Å². The maximum atomic E-state index is 12.6. The zero-order valence-corrected chi connectivity index (χ0v) is 12.9. The predicted molar refractivity (Wildman–Crippen MR) is 84.6 cm³/mol. The average molecular weight is 308 g/mol. The molecule has 116 valence electrons. The van der Waals surface area contributed by atoms with Gasteiger partial charge in [0.1, 0.15) is 12.4 Å². The third kappa shape index (κ3) is 2.14. The first-order valence-electron chi connectivity index (χ1n) is 7.46. The molecule has 6 heteroatoms. The zero-order chi connectivity index (χ0) is 16.0. The van der Waals surface area contributed by atoms with Crippen LogP contribution in [0.1, 0.15) is 33.2 Å². The maximum absolute atomic E-state index is 12.6. The van der Waals surface area contributed by atoms with Crippen molar-refractivity contribution in [2.75, 3.05) is 6.61 Å². The molecule has 0 spiro atoms. The van der Waals surface area contributed by atoms with E-state index in [0.29, 0.717) is 17.9 Å². The Hall–Kier alpha value is -2.89. The second-order valence-corrected chi connectivity index (χ2v) is 5.70. The van der Waals surface area contributed by atoms with Crippen molar-refractivity contribution in [3.8, 4) is 5.75 Å². The number of hydrogen-bond donors (Lipinski definition) is 1. The third-order valence-electron chi connectivity index (χ3n) is 4.31. The van der Waals surface area contributed by atoms with E-state index in [9.17, 15) is 4.79 Å². The van der Waals surface area contributed by atoms with Gasteiger partial charge in [0.15, 0.2) is 11.3 Å². The standard InChI is InChI=1S/C17H16N4O2/c1-10-3-4-12-13(9-23-15(12)11(10)2)20-17(22)14-16-19-6-8-21(16)7-5-18-14/h3-8,13H,9H2,1-2H3,(H,20,22). The topological polar surface area (TPSA) is 68.5 Å². The molecule has 0 aliphatic carbocycles. The molecular weight excluding hydrogens is 292 g/mol. The predicted octanol–water partition coefficient (Wildman–Crippen LogP) is 2.21. The molecule has 1 aliphatic rings. The summed E-state index contributed by atoms with van der Waals surface area (Å²) in [5.41, 5.74) is 4.17. The van der Waals surface area contributed by atoms with E-state index in [1.807, 2.05) is 19.9 Å². The van der Waals surface area contributed by atoms with Crippen LogP contribution in [0.5, 0.6) is 5.75 Å². The van der Waals surface area contributed by atoms with Crippen LogP contribution < -0.4 is 10.1 Å². The number of aromatic nitrogens is 3. The van der Waals surface area contributed by atoms with E-state index in [2.05, 4.69) is 21.4 Å². The molecule has 1 N–H and O–H groups in total. The van der Waals surface area contributed by atoms with Crippen LogP contribution in [0, 0.1) is 13.8 Å². The van der Waals surface area contributed by atoms with Crippen LogP contribution in [0.2, 0.25) is 0 Å². The van der Waals surface area contributed by atoms with Gasteiger partial charge in [-0.15, -0.1) is 0 Å². The minimum absolute atomic E-state index is 0.172. The van der Waals surface area contributed by atoms with Crippen molar-refractivity contribution in [2.45, 2.75) is 19.9 Å². The fraction of sp³-hybridized carbons (Fsp3) is 0.235. The molecule has 0 saturated carbocycles. The lowest BCUT2D eigenvalue weighted by Crippen LogP contribution is -2.30. The Kier molecular flexibility index (Phi) is 3.04. The summed E-state index contributed by atoms with van der Waals surface area (Å²) in [5.74, 6) is 0.628. The molecule has 0 bridgehead atoms. The fourth-order valence-electron chi connectivity index (χ4n) is 2.89. The maximum Gasteiger partial charge on any atom is 0.274 e. The third-order valence-corrected chi connectivity index (χ3v) is 4.31. The van der Waals surface area contributed by atoms with Gasteiger partial charge < -0.3 is 14.5 Å². The molecule has 6 nitrogen and oxygen atoms in total. The first-order chi connectivity index (χ1) is 11.1. The van der Waals surface area contributed by atoms with E-state index < -0.39 is 0 Å². The summed E-state index contributed by atoms with van der Waals surface area (Å²) in [6.45, 7) is 4.52. The smallest absolute Gasteiger partial charge is 0.274 e. The first-order valence-corrected chi connectivity index (χ1v) is 7.46. The summed E-state index contributed by atoms with van der Waals surface area (Å²) < 4.78 is 7.55. The van der Waals surface area contributed by atoms with Gasteiger partial charge in [-0.25, -0.2) is 9.97 Å². The van der Waals surface area contributed by atoms with Crippen molar-refractivity contribution < 1.29 is 9.53 Å². The zero-order valence-electron chi connectivity index (χ0n) is 12.9. The number of nitrogens with one attached hydrogen (secondary N) is 1. The normalized spacial score (nSPS) is 16.2. The molecule has 0 saturated heterocycles.